The van der Waals surface area contributed by atoms with Gasteiger partial charge in [-0.3, -0.25) is 4.79 Å². The zero-order chi connectivity index (χ0) is 12.8. The number of rotatable bonds is 5. The molecule has 0 saturated carbocycles. The van der Waals surface area contributed by atoms with E-state index in [0.717, 1.165) is 32.5 Å². The van der Waals surface area contributed by atoms with Crippen molar-refractivity contribution in [2.45, 2.75) is 39.4 Å². The maximum absolute atomic E-state index is 11.4. The van der Waals surface area contributed by atoms with Crippen molar-refractivity contribution < 1.29 is 9.82 Å². The summed E-state index contributed by atoms with van der Waals surface area (Å²) in [5.41, 5.74) is 0. The van der Waals surface area contributed by atoms with Crippen LogP contribution in [-0.2, 0) is 4.79 Å². The first-order valence-electron chi connectivity index (χ1n) is 6.70. The second-order valence-corrected chi connectivity index (χ2v) is 5.09. The smallest absolute Gasteiger partial charge is 0.376 e. The van der Waals surface area contributed by atoms with Crippen LogP contribution in [0.1, 0.15) is 32.6 Å². The third-order valence-corrected chi connectivity index (χ3v) is 3.68. The topological polar surface area (TPSA) is 43.8 Å². The van der Waals surface area contributed by atoms with E-state index in [2.05, 4.69) is 4.81 Å². The Morgan fingerprint density at radius 2 is 2.29 bits per heavy atom. The molecule has 1 atom stereocenters. The molecular formula is C12H25BN2O2. The fourth-order valence-electron chi connectivity index (χ4n) is 2.44. The van der Waals surface area contributed by atoms with Crippen molar-refractivity contribution in [2.75, 3.05) is 26.7 Å². The summed E-state index contributed by atoms with van der Waals surface area (Å²) in [4.78, 5) is 15.4. The molecule has 1 aliphatic rings. The molecule has 0 aromatic carbocycles. The van der Waals surface area contributed by atoms with Gasteiger partial charge in [0.2, 0.25) is 5.91 Å². The number of hydrogen-bond donors (Lipinski definition) is 1. The first-order chi connectivity index (χ1) is 8.04. The van der Waals surface area contributed by atoms with E-state index in [1.807, 2.05) is 25.7 Å². The molecule has 0 radical (unpaired) electrons. The van der Waals surface area contributed by atoms with Crippen LogP contribution < -0.4 is 0 Å². The van der Waals surface area contributed by atoms with Crippen molar-refractivity contribution >= 4 is 13.0 Å². The molecule has 98 valence electrons. The molecule has 1 aliphatic heterocycles. The Hall–Kier alpha value is -0.545. The summed E-state index contributed by atoms with van der Waals surface area (Å²) in [6.07, 6.45) is 4.00. The molecule has 17 heavy (non-hydrogen) atoms. The standard InChI is InChI=1S/C12H25BN2O2/c1-4-12(16)14(3)9-7-11-6-5-8-15(10-11)13(2)17/h11,17H,4-10H2,1-3H3. The van der Waals surface area contributed by atoms with E-state index < -0.39 is 0 Å². The van der Waals surface area contributed by atoms with Gasteiger partial charge < -0.3 is 14.7 Å². The summed E-state index contributed by atoms with van der Waals surface area (Å²) in [5.74, 6) is 0.832. The van der Waals surface area contributed by atoms with Crippen LogP contribution in [0.4, 0.5) is 0 Å². The quantitative estimate of drug-likeness (QED) is 0.731. The van der Waals surface area contributed by atoms with Crippen LogP contribution in [0.3, 0.4) is 0 Å². The average molecular weight is 240 g/mol. The average Bonchev–Trinajstić information content (AvgIpc) is 2.35. The number of piperidine rings is 1. The van der Waals surface area contributed by atoms with E-state index in [0.29, 0.717) is 12.3 Å². The van der Waals surface area contributed by atoms with E-state index in [4.69, 9.17) is 0 Å². The minimum Gasteiger partial charge on any atom is -0.437 e. The molecule has 1 heterocycles. The van der Waals surface area contributed by atoms with Gasteiger partial charge >= 0.3 is 7.05 Å². The molecule has 1 N–H and O–H groups in total. The maximum Gasteiger partial charge on any atom is 0.376 e. The van der Waals surface area contributed by atoms with E-state index in [1.165, 1.54) is 6.42 Å². The van der Waals surface area contributed by atoms with Crippen molar-refractivity contribution in [1.29, 1.82) is 0 Å². The zero-order valence-corrected chi connectivity index (χ0v) is 11.4. The molecule has 1 rings (SSSR count). The van der Waals surface area contributed by atoms with Gasteiger partial charge in [0, 0.05) is 20.0 Å². The number of amides is 1. The van der Waals surface area contributed by atoms with Crippen molar-refractivity contribution in [3.63, 3.8) is 0 Å². The van der Waals surface area contributed by atoms with Crippen LogP contribution >= 0.6 is 0 Å². The largest absolute Gasteiger partial charge is 0.437 e. The fraction of sp³-hybridized carbons (Fsp3) is 0.917. The minimum atomic E-state index is -0.340. The summed E-state index contributed by atoms with van der Waals surface area (Å²) in [5, 5.41) is 9.56. The first kappa shape index (κ1) is 14.5. The predicted molar refractivity (Wildman–Crippen MR) is 70.7 cm³/mol. The molecule has 1 amide bonds. The number of carbonyl (C=O) groups excluding carboxylic acids is 1. The highest BCUT2D eigenvalue weighted by atomic mass is 16.2. The van der Waals surface area contributed by atoms with Gasteiger partial charge in [0.15, 0.2) is 0 Å². The SMILES string of the molecule is CCC(=O)N(C)CCC1CCCN(B(C)O)C1. The second-order valence-electron chi connectivity index (χ2n) is 5.09. The van der Waals surface area contributed by atoms with E-state index >= 15 is 0 Å². The maximum atomic E-state index is 11.4. The number of carbonyl (C=O) groups is 1. The third kappa shape index (κ3) is 4.68. The van der Waals surface area contributed by atoms with Crippen molar-refractivity contribution in [2.24, 2.45) is 5.92 Å². The lowest BCUT2D eigenvalue weighted by atomic mass is 9.80. The monoisotopic (exact) mass is 240 g/mol. The van der Waals surface area contributed by atoms with Crippen LogP contribution in [0.15, 0.2) is 0 Å². The van der Waals surface area contributed by atoms with Crippen molar-refractivity contribution in [3.05, 3.63) is 0 Å². The van der Waals surface area contributed by atoms with E-state index in [-0.39, 0.29) is 13.0 Å². The summed E-state index contributed by atoms with van der Waals surface area (Å²) in [6.45, 7) is 6.53. The Morgan fingerprint density at radius 3 is 2.88 bits per heavy atom. The summed E-state index contributed by atoms with van der Waals surface area (Å²) in [6, 6.07) is 0. The number of hydrogen-bond acceptors (Lipinski definition) is 3. The van der Waals surface area contributed by atoms with Crippen LogP contribution in [0.5, 0.6) is 0 Å². The Bertz CT molecular complexity index is 249. The molecule has 0 aromatic rings. The summed E-state index contributed by atoms with van der Waals surface area (Å²) >= 11 is 0. The van der Waals surface area contributed by atoms with Gasteiger partial charge in [0.25, 0.3) is 0 Å². The lowest BCUT2D eigenvalue weighted by Gasteiger charge is -2.34. The van der Waals surface area contributed by atoms with Crippen molar-refractivity contribution in [1.82, 2.24) is 9.71 Å². The van der Waals surface area contributed by atoms with Gasteiger partial charge in [0.1, 0.15) is 0 Å². The predicted octanol–water partition coefficient (Wildman–Crippen LogP) is 1.07. The van der Waals surface area contributed by atoms with Crippen LogP contribution in [0.25, 0.3) is 0 Å². The molecule has 1 fully saturated rings. The van der Waals surface area contributed by atoms with Crippen LogP contribution in [-0.4, -0.2) is 54.4 Å². The highest BCUT2D eigenvalue weighted by molar-refractivity contribution is 6.45. The van der Waals surface area contributed by atoms with Gasteiger partial charge in [-0.1, -0.05) is 6.92 Å². The Morgan fingerprint density at radius 1 is 1.59 bits per heavy atom. The van der Waals surface area contributed by atoms with Gasteiger partial charge in [-0.15, -0.1) is 0 Å². The van der Waals surface area contributed by atoms with Gasteiger partial charge in [-0.2, -0.15) is 0 Å². The molecule has 0 aliphatic carbocycles. The van der Waals surface area contributed by atoms with Crippen LogP contribution in [0.2, 0.25) is 6.82 Å². The Labute approximate surface area is 105 Å². The molecule has 4 nitrogen and oxygen atoms in total. The first-order valence-corrected chi connectivity index (χ1v) is 6.70. The summed E-state index contributed by atoms with van der Waals surface area (Å²) < 4.78 is 0. The van der Waals surface area contributed by atoms with Gasteiger partial charge in [-0.25, -0.2) is 0 Å². The second kappa shape index (κ2) is 7.02. The lowest BCUT2D eigenvalue weighted by Crippen LogP contribution is -2.44. The van der Waals surface area contributed by atoms with Gasteiger partial charge in [-0.05, 0) is 45.1 Å². The third-order valence-electron chi connectivity index (χ3n) is 3.68. The lowest BCUT2D eigenvalue weighted by molar-refractivity contribution is -0.129. The Balaban J connectivity index is 2.29. The van der Waals surface area contributed by atoms with Crippen molar-refractivity contribution in [3.8, 4) is 0 Å². The zero-order valence-electron chi connectivity index (χ0n) is 11.4. The molecular weight excluding hydrogens is 215 g/mol. The highest BCUT2D eigenvalue weighted by Crippen LogP contribution is 2.20. The summed E-state index contributed by atoms with van der Waals surface area (Å²) in [7, 11) is 1.54. The molecule has 1 saturated heterocycles. The highest BCUT2D eigenvalue weighted by Gasteiger charge is 2.24. The van der Waals surface area contributed by atoms with E-state index in [9.17, 15) is 9.82 Å². The van der Waals surface area contributed by atoms with Gasteiger partial charge in [0.05, 0.1) is 0 Å². The number of nitrogens with zero attached hydrogens (tertiary/aromatic N) is 2. The molecule has 0 bridgehead atoms. The molecule has 1 unspecified atom stereocenters. The molecule has 0 aromatic heterocycles. The fourth-order valence-corrected chi connectivity index (χ4v) is 2.44. The molecule has 0 spiro atoms. The Kier molecular flexibility index (Phi) is 5.99. The molecule has 5 heteroatoms. The van der Waals surface area contributed by atoms with E-state index in [1.54, 1.807) is 0 Å². The van der Waals surface area contributed by atoms with Crippen LogP contribution in [0, 0.1) is 5.92 Å². The minimum absolute atomic E-state index is 0.216. The normalized spacial score (nSPS) is 21.3.